The molecule has 1 heterocycles. The molecule has 0 bridgehead atoms. The maximum Gasteiger partial charge on any atom is 0.135 e. The van der Waals surface area contributed by atoms with Gasteiger partial charge in [-0.3, -0.25) is 0 Å². The van der Waals surface area contributed by atoms with E-state index in [4.69, 9.17) is 4.42 Å². The molecular formula is C61H40O. The zero-order chi connectivity index (χ0) is 41.1. The van der Waals surface area contributed by atoms with Crippen molar-refractivity contribution in [3.8, 4) is 55.6 Å². The summed E-state index contributed by atoms with van der Waals surface area (Å²) in [6.45, 7) is 4.86. The van der Waals surface area contributed by atoms with Crippen molar-refractivity contribution < 1.29 is 4.42 Å². The van der Waals surface area contributed by atoms with Crippen molar-refractivity contribution in [3.63, 3.8) is 0 Å². The lowest BCUT2D eigenvalue weighted by Crippen LogP contribution is -2.17. The molecule has 0 unspecified atom stereocenters. The van der Waals surface area contributed by atoms with E-state index in [1.807, 2.05) is 12.1 Å². The summed E-state index contributed by atoms with van der Waals surface area (Å²) in [5.74, 6) is 0. The van der Waals surface area contributed by atoms with E-state index in [0.29, 0.717) is 0 Å². The second kappa shape index (κ2) is 13.1. The zero-order valence-corrected chi connectivity index (χ0v) is 34.5. The molecule has 1 heteroatoms. The minimum atomic E-state index is -0.218. The lowest BCUT2D eigenvalue weighted by molar-refractivity contribution is 0.668. The topological polar surface area (TPSA) is 13.1 Å². The van der Waals surface area contributed by atoms with Gasteiger partial charge in [-0.25, -0.2) is 0 Å². The van der Waals surface area contributed by atoms with Crippen molar-refractivity contribution in [1.82, 2.24) is 0 Å². The van der Waals surface area contributed by atoms with Crippen LogP contribution < -0.4 is 0 Å². The van der Waals surface area contributed by atoms with Crippen LogP contribution >= 0.6 is 0 Å². The Morgan fingerprint density at radius 1 is 0.274 bits per heavy atom. The maximum absolute atomic E-state index is 6.24. The second-order valence-electron chi connectivity index (χ2n) is 17.5. The summed E-state index contributed by atoms with van der Waals surface area (Å²) in [6.07, 6.45) is 0. The molecule has 0 N–H and O–H groups in total. The van der Waals surface area contributed by atoms with Crippen LogP contribution in [0.3, 0.4) is 0 Å². The van der Waals surface area contributed by atoms with E-state index in [9.17, 15) is 0 Å². The van der Waals surface area contributed by atoms with E-state index in [2.05, 4.69) is 208 Å². The molecule has 1 aromatic heterocycles. The number of hydrogen-bond donors (Lipinski definition) is 0. The van der Waals surface area contributed by atoms with Gasteiger partial charge in [0.2, 0.25) is 0 Å². The molecule has 0 aliphatic heterocycles. The van der Waals surface area contributed by atoms with E-state index >= 15 is 0 Å². The molecule has 13 rings (SSSR count). The fourth-order valence-corrected chi connectivity index (χ4v) is 11.3. The van der Waals surface area contributed by atoms with Crippen LogP contribution in [0.4, 0.5) is 0 Å². The lowest BCUT2D eigenvalue weighted by atomic mass is 9.76. The third-order valence-corrected chi connectivity index (χ3v) is 13.8. The van der Waals surface area contributed by atoms with Crippen molar-refractivity contribution >= 4 is 65.0 Å². The Bertz CT molecular complexity index is 3780. The molecule has 1 aliphatic carbocycles. The molecular weight excluding hydrogens is 749 g/mol. The normalized spacial score (nSPS) is 13.1. The van der Waals surface area contributed by atoms with Crippen LogP contribution in [0.25, 0.3) is 121 Å². The van der Waals surface area contributed by atoms with Gasteiger partial charge in [-0.15, -0.1) is 0 Å². The van der Waals surface area contributed by atoms with Gasteiger partial charge in [0, 0.05) is 16.2 Å². The molecule has 0 radical (unpaired) electrons. The molecule has 0 fully saturated rings. The summed E-state index contributed by atoms with van der Waals surface area (Å²) in [6, 6.07) is 76.1. The zero-order valence-electron chi connectivity index (χ0n) is 34.5. The van der Waals surface area contributed by atoms with Crippen LogP contribution in [0.15, 0.2) is 211 Å². The van der Waals surface area contributed by atoms with Gasteiger partial charge in [0.25, 0.3) is 0 Å². The van der Waals surface area contributed by atoms with Gasteiger partial charge in [0.1, 0.15) is 11.2 Å². The average Bonchev–Trinajstić information content (AvgIpc) is 3.82. The van der Waals surface area contributed by atoms with Gasteiger partial charge < -0.3 is 4.42 Å². The molecule has 1 aliphatic rings. The van der Waals surface area contributed by atoms with E-state index in [-0.39, 0.29) is 5.41 Å². The van der Waals surface area contributed by atoms with Crippen molar-refractivity contribution in [2.45, 2.75) is 19.3 Å². The Kier molecular flexibility index (Phi) is 7.42. The van der Waals surface area contributed by atoms with Crippen LogP contribution in [0.2, 0.25) is 0 Å². The van der Waals surface area contributed by atoms with Gasteiger partial charge >= 0.3 is 0 Å². The summed E-state index contributed by atoms with van der Waals surface area (Å²) >= 11 is 0. The van der Waals surface area contributed by atoms with Crippen LogP contribution in [0.1, 0.15) is 25.0 Å². The Morgan fingerprint density at radius 2 is 0.742 bits per heavy atom. The molecule has 290 valence electrons. The van der Waals surface area contributed by atoms with Crippen LogP contribution in [-0.4, -0.2) is 0 Å². The predicted molar refractivity (Wildman–Crippen MR) is 263 cm³/mol. The smallest absolute Gasteiger partial charge is 0.135 e. The van der Waals surface area contributed by atoms with E-state index in [0.717, 1.165) is 21.9 Å². The average molecular weight is 789 g/mol. The minimum absolute atomic E-state index is 0.218. The Morgan fingerprint density at radius 3 is 1.45 bits per heavy atom. The number of benzene rings is 11. The molecule has 0 spiro atoms. The summed E-state index contributed by atoms with van der Waals surface area (Å²) in [5, 5.41) is 12.6. The van der Waals surface area contributed by atoms with Gasteiger partial charge in [-0.05, 0) is 134 Å². The summed E-state index contributed by atoms with van der Waals surface area (Å²) in [4.78, 5) is 0. The van der Waals surface area contributed by atoms with E-state index in [1.54, 1.807) is 0 Å². The lowest BCUT2D eigenvalue weighted by Gasteiger charge is -2.26. The van der Waals surface area contributed by atoms with Gasteiger partial charge in [0.15, 0.2) is 0 Å². The first-order valence-electron chi connectivity index (χ1n) is 21.7. The highest BCUT2D eigenvalue weighted by Crippen LogP contribution is 2.57. The molecule has 12 aromatic rings. The Balaban J connectivity index is 1.02. The largest absolute Gasteiger partial charge is 0.456 e. The minimum Gasteiger partial charge on any atom is -0.456 e. The van der Waals surface area contributed by atoms with Gasteiger partial charge in [-0.2, -0.15) is 0 Å². The van der Waals surface area contributed by atoms with Crippen molar-refractivity contribution in [2.24, 2.45) is 0 Å². The van der Waals surface area contributed by atoms with Crippen molar-refractivity contribution in [2.75, 3.05) is 0 Å². The van der Waals surface area contributed by atoms with Crippen LogP contribution in [-0.2, 0) is 5.41 Å². The molecule has 0 amide bonds. The Hall–Kier alpha value is -7.74. The number of fused-ring (bicyclic) bond motifs is 13. The SMILES string of the molecule is CC1(C)c2c(-c3cccc(-c4c5ccccc5c(-c5ccccc5-c5ccc6oc7ccccc7c6c5)c5ccccc45)c3)cccc2-c2c1c1ccccc1c1ccccc21. The molecule has 0 saturated carbocycles. The first-order valence-corrected chi connectivity index (χ1v) is 21.7. The van der Waals surface area contributed by atoms with E-state index < -0.39 is 0 Å². The monoisotopic (exact) mass is 788 g/mol. The van der Waals surface area contributed by atoms with Gasteiger partial charge in [0.05, 0.1) is 0 Å². The number of furan rings is 1. The van der Waals surface area contributed by atoms with E-state index in [1.165, 1.54) is 110 Å². The second-order valence-corrected chi connectivity index (χ2v) is 17.5. The predicted octanol–water partition coefficient (Wildman–Crippen LogP) is 17.2. The van der Waals surface area contributed by atoms with Crippen molar-refractivity contribution in [3.05, 3.63) is 217 Å². The summed E-state index contributed by atoms with van der Waals surface area (Å²) in [7, 11) is 0. The van der Waals surface area contributed by atoms with Gasteiger partial charge in [-0.1, -0.05) is 196 Å². The third-order valence-electron chi connectivity index (χ3n) is 13.8. The standard InChI is InChI=1S/C61H40O/c1-61(2)59-41(30-16-31-52(59)58-46-24-7-4-20-42(46)43-21-5-12-29-51(43)60(58)61)37-17-15-18-39(35-37)56-47-25-8-10-27-49(47)57(50-28-11-9-26-48(50)56)45-23-6-3-19-40(45)38-33-34-55-53(36-38)44-22-13-14-32-54(44)62-55/h3-36H,1-2H3. The fourth-order valence-electron chi connectivity index (χ4n) is 11.3. The number of rotatable bonds is 4. The summed E-state index contributed by atoms with van der Waals surface area (Å²) < 4.78 is 6.24. The molecule has 0 saturated heterocycles. The molecule has 11 aromatic carbocycles. The highest BCUT2D eigenvalue weighted by atomic mass is 16.3. The first-order chi connectivity index (χ1) is 30.5. The number of para-hydroxylation sites is 1. The highest BCUT2D eigenvalue weighted by Gasteiger charge is 2.40. The molecule has 0 atom stereocenters. The molecule has 1 nitrogen and oxygen atoms in total. The number of hydrogen-bond acceptors (Lipinski definition) is 1. The summed E-state index contributed by atoms with van der Waals surface area (Å²) in [5.41, 5.74) is 17.0. The maximum atomic E-state index is 6.24. The highest BCUT2D eigenvalue weighted by molar-refractivity contribution is 6.23. The van der Waals surface area contributed by atoms with Crippen LogP contribution in [0.5, 0.6) is 0 Å². The van der Waals surface area contributed by atoms with Crippen LogP contribution in [0, 0.1) is 0 Å². The first kappa shape index (κ1) is 35.1. The quantitative estimate of drug-likeness (QED) is 0.128. The molecule has 62 heavy (non-hydrogen) atoms. The van der Waals surface area contributed by atoms with Crippen molar-refractivity contribution in [1.29, 1.82) is 0 Å². The fraction of sp³-hybridized carbons (Fsp3) is 0.0492. The Labute approximate surface area is 360 Å². The third kappa shape index (κ3) is 4.91.